The fourth-order valence-electron chi connectivity index (χ4n) is 3.27. The molecule has 0 aliphatic heterocycles. The minimum absolute atomic E-state index is 0.0759. The number of rotatable bonds is 8. The van der Waals surface area contributed by atoms with Crippen LogP contribution in [0.1, 0.15) is 26.8 Å². The van der Waals surface area contributed by atoms with Crippen molar-refractivity contribution in [2.24, 2.45) is 0 Å². The minimum Gasteiger partial charge on any atom is -0.377 e. The Labute approximate surface area is 184 Å². The summed E-state index contributed by atoms with van der Waals surface area (Å²) in [5, 5.41) is 13.7. The lowest BCUT2D eigenvalue weighted by Gasteiger charge is -2.10. The summed E-state index contributed by atoms with van der Waals surface area (Å²) in [5.74, 6) is 1.17. The number of hydrogen-bond acceptors (Lipinski definition) is 7. The average Bonchev–Trinajstić information content (AvgIpc) is 3.41. The smallest absolute Gasteiger partial charge is 0.261 e. The minimum atomic E-state index is -0.0759. The quantitative estimate of drug-likeness (QED) is 0.411. The van der Waals surface area contributed by atoms with Crippen molar-refractivity contribution in [3.8, 4) is 5.69 Å². The molecule has 0 bridgehead atoms. The summed E-state index contributed by atoms with van der Waals surface area (Å²) in [6.45, 7) is 5.26. The molecule has 31 heavy (non-hydrogen) atoms. The number of carbonyl (C=O) groups excluding carboxylic acids is 1. The van der Waals surface area contributed by atoms with Crippen LogP contribution in [0.3, 0.4) is 0 Å². The molecule has 1 amide bonds. The molecule has 4 rings (SSSR count). The van der Waals surface area contributed by atoms with E-state index in [9.17, 15) is 4.79 Å². The predicted molar refractivity (Wildman–Crippen MR) is 122 cm³/mol. The van der Waals surface area contributed by atoms with Gasteiger partial charge in [0.05, 0.1) is 21.6 Å². The number of ether oxygens (including phenoxy) is 1. The molecule has 8 nitrogen and oxygen atoms in total. The molecule has 0 aliphatic carbocycles. The van der Waals surface area contributed by atoms with Crippen LogP contribution in [0.25, 0.3) is 16.7 Å². The van der Waals surface area contributed by atoms with Crippen molar-refractivity contribution in [2.45, 2.75) is 20.5 Å². The number of nitrogens with zero attached hydrogens (tertiary/aromatic N) is 4. The van der Waals surface area contributed by atoms with E-state index >= 15 is 0 Å². The van der Waals surface area contributed by atoms with E-state index in [1.807, 2.05) is 54.2 Å². The molecule has 0 aliphatic rings. The molecule has 2 N–H and O–H groups in total. The summed E-state index contributed by atoms with van der Waals surface area (Å²) in [4.78, 5) is 22.1. The Morgan fingerprint density at radius 3 is 2.65 bits per heavy atom. The van der Waals surface area contributed by atoms with Gasteiger partial charge in [-0.2, -0.15) is 5.10 Å². The van der Waals surface area contributed by atoms with Crippen molar-refractivity contribution >= 4 is 34.1 Å². The zero-order valence-electron chi connectivity index (χ0n) is 17.7. The summed E-state index contributed by atoms with van der Waals surface area (Å²) in [6, 6.07) is 11.8. The second-order valence-corrected chi connectivity index (χ2v) is 8.06. The number of fused-ring (bicyclic) bond motifs is 1. The number of amides is 1. The van der Waals surface area contributed by atoms with Gasteiger partial charge in [0.15, 0.2) is 11.5 Å². The van der Waals surface area contributed by atoms with Gasteiger partial charge in [-0.25, -0.2) is 14.6 Å². The number of nitrogens with one attached hydrogen (secondary N) is 2. The SMILES string of the molecule is COCc1nc(NCCNC(=O)c2cccs2)c2c(C)nn(-c3ccc(C)cc3)c2n1. The van der Waals surface area contributed by atoms with Crippen LogP contribution in [0, 0.1) is 13.8 Å². The number of methoxy groups -OCH3 is 1. The largest absolute Gasteiger partial charge is 0.377 e. The molecule has 3 aromatic heterocycles. The first-order chi connectivity index (χ1) is 15.1. The summed E-state index contributed by atoms with van der Waals surface area (Å²) < 4.78 is 7.09. The average molecular weight is 437 g/mol. The highest BCUT2D eigenvalue weighted by Crippen LogP contribution is 2.26. The van der Waals surface area contributed by atoms with E-state index in [0.717, 1.165) is 16.8 Å². The number of benzene rings is 1. The highest BCUT2D eigenvalue weighted by Gasteiger charge is 2.17. The van der Waals surface area contributed by atoms with Crippen LogP contribution in [0.2, 0.25) is 0 Å². The lowest BCUT2D eigenvalue weighted by atomic mass is 10.2. The van der Waals surface area contributed by atoms with Crippen LogP contribution < -0.4 is 10.6 Å². The molecule has 0 fully saturated rings. The normalized spacial score (nSPS) is 11.1. The molecular weight excluding hydrogens is 412 g/mol. The maximum absolute atomic E-state index is 12.1. The number of anilines is 1. The van der Waals surface area contributed by atoms with Gasteiger partial charge in [-0.1, -0.05) is 23.8 Å². The van der Waals surface area contributed by atoms with E-state index in [2.05, 4.69) is 15.6 Å². The van der Waals surface area contributed by atoms with Gasteiger partial charge in [-0.3, -0.25) is 4.79 Å². The van der Waals surface area contributed by atoms with E-state index in [1.54, 1.807) is 13.2 Å². The van der Waals surface area contributed by atoms with Crippen LogP contribution in [0.15, 0.2) is 41.8 Å². The lowest BCUT2D eigenvalue weighted by molar-refractivity contribution is 0.0959. The number of aryl methyl sites for hydroxylation is 2. The number of hydrogen-bond donors (Lipinski definition) is 2. The molecule has 0 radical (unpaired) electrons. The monoisotopic (exact) mass is 436 g/mol. The molecular formula is C22H24N6O2S. The van der Waals surface area contributed by atoms with Crippen molar-refractivity contribution < 1.29 is 9.53 Å². The van der Waals surface area contributed by atoms with Crippen LogP contribution in [0.5, 0.6) is 0 Å². The van der Waals surface area contributed by atoms with Crippen molar-refractivity contribution in [1.29, 1.82) is 0 Å². The summed E-state index contributed by atoms with van der Waals surface area (Å²) in [5.41, 5.74) is 3.65. The van der Waals surface area contributed by atoms with Crippen molar-refractivity contribution in [2.75, 3.05) is 25.5 Å². The maximum Gasteiger partial charge on any atom is 0.261 e. The van der Waals surface area contributed by atoms with E-state index in [4.69, 9.17) is 14.8 Å². The second kappa shape index (κ2) is 9.23. The first-order valence-corrected chi connectivity index (χ1v) is 10.8. The molecule has 0 atom stereocenters. The van der Waals surface area contributed by atoms with Gasteiger partial charge in [0.2, 0.25) is 0 Å². The Morgan fingerprint density at radius 1 is 1.13 bits per heavy atom. The first kappa shape index (κ1) is 21.0. The Balaban J connectivity index is 1.59. The topological polar surface area (TPSA) is 94.0 Å². The summed E-state index contributed by atoms with van der Waals surface area (Å²) >= 11 is 1.42. The van der Waals surface area contributed by atoms with Crippen molar-refractivity contribution in [3.63, 3.8) is 0 Å². The van der Waals surface area contributed by atoms with Crippen LogP contribution in [-0.4, -0.2) is 45.9 Å². The Kier molecular flexibility index (Phi) is 6.24. The molecule has 4 aromatic rings. The summed E-state index contributed by atoms with van der Waals surface area (Å²) in [7, 11) is 1.61. The van der Waals surface area contributed by atoms with Gasteiger partial charge in [0, 0.05) is 20.2 Å². The van der Waals surface area contributed by atoms with Gasteiger partial charge in [-0.15, -0.1) is 11.3 Å². The molecule has 1 aromatic carbocycles. The van der Waals surface area contributed by atoms with Gasteiger partial charge in [-0.05, 0) is 37.4 Å². The Bertz CT molecular complexity index is 1190. The third kappa shape index (κ3) is 4.57. The summed E-state index contributed by atoms with van der Waals surface area (Å²) in [6.07, 6.45) is 0. The molecule has 0 spiro atoms. The maximum atomic E-state index is 12.1. The zero-order chi connectivity index (χ0) is 21.8. The Hall–Kier alpha value is -3.30. The Morgan fingerprint density at radius 2 is 1.94 bits per heavy atom. The van der Waals surface area contributed by atoms with Crippen LogP contribution in [-0.2, 0) is 11.3 Å². The molecule has 0 saturated heterocycles. The number of aromatic nitrogens is 4. The second-order valence-electron chi connectivity index (χ2n) is 7.11. The fraction of sp³-hybridized carbons (Fsp3) is 0.273. The highest BCUT2D eigenvalue weighted by atomic mass is 32.1. The van der Waals surface area contributed by atoms with Gasteiger partial charge in [0.25, 0.3) is 5.91 Å². The third-order valence-electron chi connectivity index (χ3n) is 4.75. The van der Waals surface area contributed by atoms with Gasteiger partial charge >= 0.3 is 0 Å². The van der Waals surface area contributed by atoms with Crippen LogP contribution in [0.4, 0.5) is 5.82 Å². The molecule has 0 unspecified atom stereocenters. The van der Waals surface area contributed by atoms with E-state index in [0.29, 0.717) is 35.3 Å². The number of thiophene rings is 1. The van der Waals surface area contributed by atoms with E-state index in [1.165, 1.54) is 16.9 Å². The molecule has 3 heterocycles. The van der Waals surface area contributed by atoms with Gasteiger partial charge in [0.1, 0.15) is 12.4 Å². The highest BCUT2D eigenvalue weighted by molar-refractivity contribution is 7.12. The number of carbonyl (C=O) groups is 1. The van der Waals surface area contributed by atoms with Gasteiger partial charge < -0.3 is 15.4 Å². The van der Waals surface area contributed by atoms with E-state index in [-0.39, 0.29) is 12.5 Å². The van der Waals surface area contributed by atoms with E-state index < -0.39 is 0 Å². The predicted octanol–water partition coefficient (Wildman–Crippen LogP) is 3.48. The van der Waals surface area contributed by atoms with Crippen molar-refractivity contribution in [1.82, 2.24) is 25.1 Å². The lowest BCUT2D eigenvalue weighted by Crippen LogP contribution is -2.28. The van der Waals surface area contributed by atoms with Crippen molar-refractivity contribution in [3.05, 3.63) is 63.7 Å². The molecule has 0 saturated carbocycles. The standard InChI is InChI=1S/C22H24N6O2S/c1-14-6-8-16(9-7-14)28-21-19(15(2)27-28)20(25-18(26-21)13-30-3)23-10-11-24-22(29)17-5-4-12-31-17/h4-9,12H,10-11,13H2,1-3H3,(H,24,29)(H,23,25,26). The first-order valence-electron chi connectivity index (χ1n) is 9.94. The fourth-order valence-corrected chi connectivity index (χ4v) is 3.91. The third-order valence-corrected chi connectivity index (χ3v) is 5.62. The van der Waals surface area contributed by atoms with Crippen LogP contribution >= 0.6 is 11.3 Å². The molecule has 9 heteroatoms. The zero-order valence-corrected chi connectivity index (χ0v) is 18.5. The molecule has 160 valence electrons.